The van der Waals surface area contributed by atoms with Crippen LogP contribution in [0.4, 0.5) is 0 Å². The number of esters is 1. The van der Waals surface area contributed by atoms with Crippen molar-refractivity contribution in [2.45, 2.75) is 45.3 Å². The molecular formula is C28H27Cl2NO4. The molecule has 1 heterocycles. The number of halogens is 2. The Balaban J connectivity index is 1.63. The molecule has 4 rings (SSSR count). The van der Waals surface area contributed by atoms with Gasteiger partial charge in [0.25, 0.3) is 5.56 Å². The maximum absolute atomic E-state index is 13.3. The highest BCUT2D eigenvalue weighted by molar-refractivity contribution is 6.36. The van der Waals surface area contributed by atoms with Crippen LogP contribution in [0.25, 0.3) is 5.57 Å². The quantitative estimate of drug-likeness (QED) is 0.301. The normalized spacial score (nSPS) is 12.9. The summed E-state index contributed by atoms with van der Waals surface area (Å²) in [7, 11) is 1.35. The zero-order chi connectivity index (χ0) is 25.1. The van der Waals surface area contributed by atoms with Crippen LogP contribution in [-0.2, 0) is 24.3 Å². The predicted octanol–water partition coefficient (Wildman–Crippen LogP) is 6.67. The summed E-state index contributed by atoms with van der Waals surface area (Å²) in [5.41, 5.74) is 4.42. The number of nitrogens with zero attached hydrogens (tertiary/aromatic N) is 1. The summed E-state index contributed by atoms with van der Waals surface area (Å²) in [6.45, 7) is 6.42. The molecule has 5 nitrogen and oxygen atoms in total. The Kier molecular flexibility index (Phi) is 7.68. The van der Waals surface area contributed by atoms with E-state index in [1.54, 1.807) is 16.7 Å². The van der Waals surface area contributed by atoms with Gasteiger partial charge in [0.1, 0.15) is 17.4 Å². The van der Waals surface area contributed by atoms with Crippen molar-refractivity contribution in [3.63, 3.8) is 0 Å². The van der Waals surface area contributed by atoms with Gasteiger partial charge in [-0.05, 0) is 73.1 Å². The van der Waals surface area contributed by atoms with Crippen LogP contribution >= 0.6 is 23.2 Å². The van der Waals surface area contributed by atoms with E-state index in [4.69, 9.17) is 32.7 Å². The number of ether oxygens (including phenoxy) is 2. The van der Waals surface area contributed by atoms with E-state index in [-0.39, 0.29) is 23.1 Å². The van der Waals surface area contributed by atoms with Gasteiger partial charge in [-0.15, -0.1) is 0 Å². The molecule has 2 aromatic carbocycles. The molecule has 1 fully saturated rings. The van der Waals surface area contributed by atoms with E-state index in [2.05, 4.69) is 6.58 Å². The van der Waals surface area contributed by atoms with Gasteiger partial charge in [0.15, 0.2) is 0 Å². The second kappa shape index (κ2) is 10.7. The molecule has 0 bridgehead atoms. The molecule has 0 N–H and O–H groups in total. The molecule has 0 saturated heterocycles. The van der Waals surface area contributed by atoms with Gasteiger partial charge in [-0.3, -0.25) is 4.79 Å². The van der Waals surface area contributed by atoms with Crippen LogP contribution in [0.5, 0.6) is 5.75 Å². The number of hydrogen-bond donors (Lipinski definition) is 0. The van der Waals surface area contributed by atoms with Gasteiger partial charge in [-0.25, -0.2) is 4.79 Å². The van der Waals surface area contributed by atoms with E-state index >= 15 is 0 Å². The van der Waals surface area contributed by atoms with Crippen molar-refractivity contribution in [2.75, 3.05) is 7.11 Å². The van der Waals surface area contributed by atoms with E-state index in [1.807, 2.05) is 43.3 Å². The summed E-state index contributed by atoms with van der Waals surface area (Å²) in [5, 5.41) is 0.681. The smallest absolute Gasteiger partial charge is 0.337 e. The Hall–Kier alpha value is -3.02. The van der Waals surface area contributed by atoms with Crippen LogP contribution < -0.4 is 10.3 Å². The lowest BCUT2D eigenvalue weighted by Crippen LogP contribution is -2.28. The molecule has 7 heteroatoms. The van der Waals surface area contributed by atoms with E-state index in [1.165, 1.54) is 7.11 Å². The van der Waals surface area contributed by atoms with Gasteiger partial charge in [0, 0.05) is 6.54 Å². The largest absolute Gasteiger partial charge is 0.487 e. The van der Waals surface area contributed by atoms with Crippen molar-refractivity contribution in [1.29, 1.82) is 0 Å². The lowest BCUT2D eigenvalue weighted by atomic mass is 10.1. The fraction of sp³-hybridized carbons (Fsp3) is 0.286. The maximum Gasteiger partial charge on any atom is 0.337 e. The number of aromatic nitrogens is 1. The molecule has 1 saturated carbocycles. The summed E-state index contributed by atoms with van der Waals surface area (Å²) < 4.78 is 12.4. The molecule has 0 amide bonds. The predicted molar refractivity (Wildman–Crippen MR) is 140 cm³/mol. The van der Waals surface area contributed by atoms with Crippen LogP contribution in [0.2, 0.25) is 10.0 Å². The Morgan fingerprint density at radius 2 is 1.80 bits per heavy atom. The third kappa shape index (κ3) is 5.63. The first kappa shape index (κ1) is 25.1. The van der Waals surface area contributed by atoms with Gasteiger partial charge >= 0.3 is 5.97 Å². The fourth-order valence-electron chi connectivity index (χ4n) is 4.00. The number of methoxy groups -OCH3 is 1. The van der Waals surface area contributed by atoms with Crippen LogP contribution in [-0.4, -0.2) is 17.6 Å². The number of carbonyl (C=O) groups excluding carboxylic acids is 1. The summed E-state index contributed by atoms with van der Waals surface area (Å²) in [5.74, 6) is 0.493. The minimum Gasteiger partial charge on any atom is -0.487 e. The molecule has 35 heavy (non-hydrogen) atoms. The highest BCUT2D eigenvalue weighted by Crippen LogP contribution is 2.46. The Morgan fingerprint density at radius 3 is 2.43 bits per heavy atom. The minimum atomic E-state index is -0.392. The lowest BCUT2D eigenvalue weighted by Gasteiger charge is -2.19. The second-order valence-corrected chi connectivity index (χ2v) is 9.51. The number of hydrogen-bond acceptors (Lipinski definition) is 4. The highest BCUT2D eigenvalue weighted by atomic mass is 35.5. The third-order valence-electron chi connectivity index (χ3n) is 6.17. The number of aryl methyl sites for hydroxylation is 1. The molecule has 1 aromatic heterocycles. The van der Waals surface area contributed by atoms with E-state index in [0.717, 1.165) is 35.1 Å². The molecule has 182 valence electrons. The van der Waals surface area contributed by atoms with E-state index in [0.29, 0.717) is 35.0 Å². The monoisotopic (exact) mass is 511 g/mol. The van der Waals surface area contributed by atoms with Crippen molar-refractivity contribution in [2.24, 2.45) is 0 Å². The van der Waals surface area contributed by atoms with Gasteiger partial charge < -0.3 is 14.0 Å². The second-order valence-electron chi connectivity index (χ2n) is 8.75. The summed E-state index contributed by atoms with van der Waals surface area (Å²) in [6.07, 6.45) is 2.49. The third-order valence-corrected chi connectivity index (χ3v) is 6.96. The average molecular weight is 512 g/mol. The lowest BCUT2D eigenvalue weighted by molar-refractivity contribution is 0.0600. The topological polar surface area (TPSA) is 57.5 Å². The molecular weight excluding hydrogens is 485 g/mol. The standard InChI is InChI=1S/C28H27Cl2NO4/c1-17(2)21-5-4-6-22(15-21)35-16-23-25(29)24(19-11-12-19)26(30)27(32)31(23)14-13-18-7-9-20(10-8-18)28(33)34-3/h4-10,15,19H,1,11-14,16H2,2-3H3. The first-order valence-corrected chi connectivity index (χ1v) is 12.2. The first-order valence-electron chi connectivity index (χ1n) is 11.5. The summed E-state index contributed by atoms with van der Waals surface area (Å²) in [6, 6.07) is 14.8. The zero-order valence-corrected chi connectivity index (χ0v) is 21.3. The average Bonchev–Trinajstić information content (AvgIpc) is 3.70. The van der Waals surface area contributed by atoms with Crippen molar-refractivity contribution in [1.82, 2.24) is 4.57 Å². The molecule has 0 spiro atoms. The van der Waals surface area contributed by atoms with Crippen LogP contribution in [0.3, 0.4) is 0 Å². The van der Waals surface area contributed by atoms with Gasteiger partial charge in [-0.1, -0.05) is 59.6 Å². The Labute approximate surface area is 214 Å². The molecule has 0 unspecified atom stereocenters. The van der Waals surface area contributed by atoms with Crippen LogP contribution in [0.1, 0.15) is 58.4 Å². The van der Waals surface area contributed by atoms with Crippen molar-refractivity contribution in [3.8, 4) is 5.75 Å². The zero-order valence-electron chi connectivity index (χ0n) is 19.8. The fourth-order valence-corrected chi connectivity index (χ4v) is 4.81. The van der Waals surface area contributed by atoms with Crippen LogP contribution in [0, 0.1) is 0 Å². The number of allylic oxidation sites excluding steroid dienone is 1. The SMILES string of the molecule is C=C(C)c1cccc(OCc2c(Cl)c(C3CC3)c(Cl)c(=O)n2CCc2ccc(C(=O)OC)cc2)c1. The molecule has 1 aliphatic carbocycles. The number of pyridine rings is 1. The molecule has 3 aromatic rings. The number of benzene rings is 2. The number of rotatable bonds is 9. The van der Waals surface area contributed by atoms with Crippen molar-refractivity contribution in [3.05, 3.63) is 103 Å². The van der Waals surface area contributed by atoms with Crippen molar-refractivity contribution < 1.29 is 14.3 Å². The summed E-state index contributed by atoms with van der Waals surface area (Å²) in [4.78, 5) is 25.0. The van der Waals surface area contributed by atoms with Gasteiger partial charge in [0.05, 0.1) is 23.4 Å². The highest BCUT2D eigenvalue weighted by Gasteiger charge is 2.32. The molecule has 1 aliphatic rings. The maximum atomic E-state index is 13.3. The molecule has 0 atom stereocenters. The number of carbonyl (C=O) groups is 1. The van der Waals surface area contributed by atoms with Crippen molar-refractivity contribution >= 4 is 34.7 Å². The minimum absolute atomic E-state index is 0.131. The van der Waals surface area contributed by atoms with Gasteiger partial charge in [-0.2, -0.15) is 0 Å². The Bertz CT molecular complexity index is 1320. The Morgan fingerprint density at radius 1 is 1.09 bits per heavy atom. The van der Waals surface area contributed by atoms with Gasteiger partial charge in [0.2, 0.25) is 0 Å². The molecule has 0 radical (unpaired) electrons. The van der Waals surface area contributed by atoms with Crippen LogP contribution in [0.15, 0.2) is 59.9 Å². The molecule has 0 aliphatic heterocycles. The van der Waals surface area contributed by atoms with E-state index in [9.17, 15) is 9.59 Å². The summed E-state index contributed by atoms with van der Waals surface area (Å²) >= 11 is 13.4. The first-order chi connectivity index (χ1) is 16.8. The van der Waals surface area contributed by atoms with E-state index < -0.39 is 5.97 Å².